The van der Waals surface area contributed by atoms with Crippen molar-refractivity contribution in [2.75, 3.05) is 19.1 Å². The van der Waals surface area contributed by atoms with Crippen LogP contribution in [0, 0.1) is 5.82 Å². The van der Waals surface area contributed by atoms with Gasteiger partial charge in [0, 0.05) is 12.6 Å². The maximum atomic E-state index is 14.1. The average molecular weight is 491 g/mol. The maximum Gasteiger partial charge on any atom is 0.308 e. The highest BCUT2D eigenvalue weighted by Gasteiger charge is 2.47. The molecule has 1 saturated heterocycles. The Bertz CT molecular complexity index is 1360. The number of rotatable bonds is 6. The molecule has 1 heterocycles. The van der Waals surface area contributed by atoms with E-state index in [0.29, 0.717) is 17.0 Å². The predicted octanol–water partition coefficient (Wildman–Crippen LogP) is 4.39. The molecule has 8 nitrogen and oxygen atoms in total. The fourth-order valence-electron chi connectivity index (χ4n) is 4.05. The molecule has 0 saturated carbocycles. The van der Waals surface area contributed by atoms with Crippen LogP contribution in [0.5, 0.6) is 17.2 Å². The number of ether oxygens (including phenoxy) is 3. The van der Waals surface area contributed by atoms with Crippen molar-refractivity contribution >= 4 is 29.1 Å². The van der Waals surface area contributed by atoms with Gasteiger partial charge < -0.3 is 19.3 Å². The Kier molecular flexibility index (Phi) is 6.73. The monoisotopic (exact) mass is 491 g/mol. The van der Waals surface area contributed by atoms with E-state index in [4.69, 9.17) is 14.2 Å². The molecule has 1 unspecified atom stereocenters. The first kappa shape index (κ1) is 24.5. The average Bonchev–Trinajstić information content (AvgIpc) is 3.14. The molecule has 0 bridgehead atoms. The van der Waals surface area contributed by atoms with E-state index in [2.05, 4.69) is 0 Å². The lowest BCUT2D eigenvalue weighted by molar-refractivity contribution is -0.132. The highest BCUT2D eigenvalue weighted by atomic mass is 19.1. The van der Waals surface area contributed by atoms with Gasteiger partial charge in [0.05, 0.1) is 31.4 Å². The molecule has 0 aromatic heterocycles. The molecule has 184 valence electrons. The van der Waals surface area contributed by atoms with E-state index < -0.39 is 35.3 Å². The largest absolute Gasteiger partial charge is 0.507 e. The van der Waals surface area contributed by atoms with Crippen molar-refractivity contribution in [1.29, 1.82) is 0 Å². The first-order valence-electron chi connectivity index (χ1n) is 10.8. The number of aliphatic hydroxyl groups excluding tert-OH is 1. The molecule has 1 amide bonds. The summed E-state index contributed by atoms with van der Waals surface area (Å²) >= 11 is 0. The number of ketones is 1. The van der Waals surface area contributed by atoms with E-state index in [-0.39, 0.29) is 22.6 Å². The summed E-state index contributed by atoms with van der Waals surface area (Å²) in [5.74, 6) is -2.67. The zero-order chi connectivity index (χ0) is 26.0. The lowest BCUT2D eigenvalue weighted by Gasteiger charge is -2.26. The molecule has 9 heteroatoms. The van der Waals surface area contributed by atoms with Gasteiger partial charge >= 0.3 is 5.97 Å². The molecule has 1 aliphatic heterocycles. The van der Waals surface area contributed by atoms with Gasteiger partial charge in [-0.25, -0.2) is 4.39 Å². The molecule has 4 rings (SSSR count). The fraction of sp³-hybridized carbons (Fsp3) is 0.148. The highest BCUT2D eigenvalue weighted by Crippen LogP contribution is 2.43. The number of carbonyl (C=O) groups excluding carboxylic acids is 3. The maximum absolute atomic E-state index is 14.1. The first-order valence-corrected chi connectivity index (χ1v) is 10.8. The zero-order valence-electron chi connectivity index (χ0n) is 19.7. The fourth-order valence-corrected chi connectivity index (χ4v) is 4.05. The Morgan fingerprint density at radius 3 is 2.14 bits per heavy atom. The van der Waals surface area contributed by atoms with Gasteiger partial charge in [-0.1, -0.05) is 12.1 Å². The quantitative estimate of drug-likeness (QED) is 0.179. The van der Waals surface area contributed by atoms with E-state index in [1.807, 2.05) is 0 Å². The number of amides is 1. The van der Waals surface area contributed by atoms with Crippen LogP contribution in [0.25, 0.3) is 5.76 Å². The van der Waals surface area contributed by atoms with E-state index in [1.54, 1.807) is 36.4 Å². The summed E-state index contributed by atoms with van der Waals surface area (Å²) in [4.78, 5) is 39.1. The van der Waals surface area contributed by atoms with Crippen molar-refractivity contribution in [2.24, 2.45) is 0 Å². The molecule has 1 N–H and O–H groups in total. The molecule has 1 atom stereocenters. The van der Waals surface area contributed by atoms with E-state index >= 15 is 0 Å². The number of Topliss-reactive ketones (excluding diaryl/α,β-unsaturated/α-hetero) is 1. The Hall–Kier alpha value is -4.66. The summed E-state index contributed by atoms with van der Waals surface area (Å²) in [5, 5.41) is 11.2. The highest BCUT2D eigenvalue weighted by molar-refractivity contribution is 6.51. The van der Waals surface area contributed by atoms with Crippen LogP contribution in [0.2, 0.25) is 0 Å². The summed E-state index contributed by atoms with van der Waals surface area (Å²) in [6, 6.07) is 15.0. The standard InChI is InChI=1S/C27H22FNO7/c1-15(30)36-20-9-4-16(5-10-20)24-23(25(31)21-14-17(28)6-13-22(21)35-3)26(32)27(33)29(24)18-7-11-19(34-2)12-8-18/h4-14,24,31H,1-3H3/b25-23+. The first-order chi connectivity index (χ1) is 17.2. The topological polar surface area (TPSA) is 102 Å². The number of carbonyl (C=O) groups is 3. The Labute approximate surface area is 206 Å². The minimum Gasteiger partial charge on any atom is -0.507 e. The third kappa shape index (κ3) is 4.50. The van der Waals surface area contributed by atoms with Crippen molar-refractivity contribution in [3.05, 3.63) is 89.2 Å². The van der Waals surface area contributed by atoms with Gasteiger partial charge in [-0.05, 0) is 60.2 Å². The molecule has 3 aromatic carbocycles. The minimum atomic E-state index is -1.07. The van der Waals surface area contributed by atoms with Crippen LogP contribution >= 0.6 is 0 Å². The second-order valence-corrected chi connectivity index (χ2v) is 7.87. The van der Waals surface area contributed by atoms with Gasteiger partial charge in [-0.2, -0.15) is 0 Å². The second kappa shape index (κ2) is 9.91. The summed E-state index contributed by atoms with van der Waals surface area (Å²) in [6.45, 7) is 1.26. The third-order valence-electron chi connectivity index (χ3n) is 5.67. The van der Waals surface area contributed by atoms with Gasteiger partial charge in [0.1, 0.15) is 28.8 Å². The van der Waals surface area contributed by atoms with Crippen molar-refractivity contribution < 1.29 is 38.1 Å². The van der Waals surface area contributed by atoms with Gasteiger partial charge in [0.25, 0.3) is 11.7 Å². The number of benzene rings is 3. The predicted molar refractivity (Wildman–Crippen MR) is 128 cm³/mol. The molecular formula is C27H22FNO7. The molecular weight excluding hydrogens is 469 g/mol. The SMILES string of the molecule is COc1ccc(N2C(=O)C(=O)/C(=C(/O)c3cc(F)ccc3OC)C2c2ccc(OC(C)=O)cc2)cc1. The lowest BCUT2D eigenvalue weighted by atomic mass is 9.94. The summed E-state index contributed by atoms with van der Waals surface area (Å²) < 4.78 is 29.6. The molecule has 0 aliphatic carbocycles. The number of hydrogen-bond acceptors (Lipinski definition) is 7. The van der Waals surface area contributed by atoms with Crippen LogP contribution in [0.4, 0.5) is 10.1 Å². The Morgan fingerprint density at radius 1 is 0.917 bits per heavy atom. The number of esters is 1. The van der Waals surface area contributed by atoms with E-state index in [0.717, 1.165) is 12.1 Å². The second-order valence-electron chi connectivity index (χ2n) is 7.87. The lowest BCUT2D eigenvalue weighted by Crippen LogP contribution is -2.29. The van der Waals surface area contributed by atoms with Crippen LogP contribution in [0.3, 0.4) is 0 Å². The van der Waals surface area contributed by atoms with Crippen LogP contribution in [-0.2, 0) is 14.4 Å². The van der Waals surface area contributed by atoms with Crippen LogP contribution in [-0.4, -0.2) is 37.0 Å². The number of nitrogens with zero attached hydrogens (tertiary/aromatic N) is 1. The number of halogens is 1. The van der Waals surface area contributed by atoms with Gasteiger partial charge in [-0.15, -0.1) is 0 Å². The van der Waals surface area contributed by atoms with Gasteiger partial charge in [0.2, 0.25) is 0 Å². The van der Waals surface area contributed by atoms with Crippen molar-refractivity contribution in [3.63, 3.8) is 0 Å². The minimum absolute atomic E-state index is 0.0771. The molecule has 3 aromatic rings. The number of methoxy groups -OCH3 is 2. The molecule has 36 heavy (non-hydrogen) atoms. The number of hydrogen-bond donors (Lipinski definition) is 1. The Morgan fingerprint density at radius 2 is 1.56 bits per heavy atom. The summed E-state index contributed by atoms with van der Waals surface area (Å²) in [7, 11) is 2.84. The van der Waals surface area contributed by atoms with Crippen LogP contribution < -0.4 is 19.1 Å². The zero-order valence-corrected chi connectivity index (χ0v) is 19.7. The Balaban J connectivity index is 1.93. The van der Waals surface area contributed by atoms with Crippen molar-refractivity contribution in [3.8, 4) is 17.2 Å². The number of anilines is 1. The van der Waals surface area contributed by atoms with Crippen molar-refractivity contribution in [1.82, 2.24) is 0 Å². The smallest absolute Gasteiger partial charge is 0.308 e. The number of aliphatic hydroxyl groups is 1. The van der Waals surface area contributed by atoms with E-state index in [1.165, 1.54) is 44.2 Å². The van der Waals surface area contributed by atoms with Crippen LogP contribution in [0.1, 0.15) is 24.1 Å². The molecule has 1 fully saturated rings. The normalized spacial score (nSPS) is 16.7. The molecule has 0 radical (unpaired) electrons. The van der Waals surface area contributed by atoms with Crippen LogP contribution in [0.15, 0.2) is 72.3 Å². The van der Waals surface area contributed by atoms with Crippen molar-refractivity contribution in [2.45, 2.75) is 13.0 Å². The van der Waals surface area contributed by atoms with Gasteiger partial charge in [0.15, 0.2) is 0 Å². The summed E-state index contributed by atoms with van der Waals surface area (Å²) in [5.41, 5.74) is 0.488. The van der Waals surface area contributed by atoms with Gasteiger partial charge in [-0.3, -0.25) is 19.3 Å². The summed E-state index contributed by atoms with van der Waals surface area (Å²) in [6.07, 6.45) is 0. The molecule has 0 spiro atoms. The molecule has 1 aliphatic rings. The third-order valence-corrected chi connectivity index (χ3v) is 5.67. The van der Waals surface area contributed by atoms with E-state index in [9.17, 15) is 23.9 Å².